The average molecular weight is 343 g/mol. The van der Waals surface area contributed by atoms with Gasteiger partial charge in [0.2, 0.25) is 11.8 Å². The van der Waals surface area contributed by atoms with Gasteiger partial charge in [-0.15, -0.1) is 11.3 Å². The smallest absolute Gasteiger partial charge is 0.238 e. The molecule has 6 heteroatoms. The molecule has 0 bridgehead atoms. The van der Waals surface area contributed by atoms with Crippen LogP contribution in [0.5, 0.6) is 0 Å². The first-order valence-electron chi connectivity index (χ1n) is 8.01. The van der Waals surface area contributed by atoms with Crippen molar-refractivity contribution in [3.8, 4) is 0 Å². The maximum absolute atomic E-state index is 12.3. The maximum Gasteiger partial charge on any atom is 0.238 e. The van der Waals surface area contributed by atoms with Crippen molar-refractivity contribution < 1.29 is 9.59 Å². The molecule has 1 aliphatic heterocycles. The molecule has 1 atom stereocenters. The van der Waals surface area contributed by atoms with E-state index in [1.807, 2.05) is 0 Å². The molecule has 126 valence electrons. The lowest BCUT2D eigenvalue weighted by Gasteiger charge is -2.32. The largest absolute Gasteiger partial charge is 0.326 e. The summed E-state index contributed by atoms with van der Waals surface area (Å²) in [5, 5.41) is 7.75. The number of rotatable bonds is 4. The molecule has 0 radical (unpaired) electrons. The summed E-state index contributed by atoms with van der Waals surface area (Å²) in [5.41, 5.74) is 2.80. The van der Waals surface area contributed by atoms with Gasteiger partial charge in [-0.05, 0) is 54.6 Å². The van der Waals surface area contributed by atoms with Crippen LogP contribution in [0.4, 0.5) is 11.4 Å². The van der Waals surface area contributed by atoms with Gasteiger partial charge in [-0.2, -0.15) is 0 Å². The third-order valence-corrected chi connectivity index (χ3v) is 5.24. The Labute approximate surface area is 145 Å². The molecule has 1 aromatic carbocycles. The van der Waals surface area contributed by atoms with Crippen molar-refractivity contribution in [3.63, 3.8) is 0 Å². The highest BCUT2D eigenvalue weighted by Crippen LogP contribution is 2.32. The summed E-state index contributed by atoms with van der Waals surface area (Å²) in [4.78, 5) is 27.0. The van der Waals surface area contributed by atoms with E-state index in [1.165, 1.54) is 17.4 Å². The van der Waals surface area contributed by atoms with Crippen LogP contribution in [0.25, 0.3) is 0 Å². The van der Waals surface area contributed by atoms with E-state index in [1.54, 1.807) is 35.6 Å². The summed E-state index contributed by atoms with van der Waals surface area (Å²) in [5.74, 6) is -0.133. The molecule has 1 aliphatic rings. The Balaban J connectivity index is 1.57. The van der Waals surface area contributed by atoms with E-state index < -0.39 is 0 Å². The second-order valence-corrected chi connectivity index (χ2v) is 7.00. The number of nitrogens with zero attached hydrogens (tertiary/aromatic N) is 1. The van der Waals surface area contributed by atoms with Gasteiger partial charge < -0.3 is 10.6 Å². The number of fused-ring (bicyclic) bond motifs is 1. The number of amides is 2. The fourth-order valence-corrected chi connectivity index (χ4v) is 3.97. The summed E-state index contributed by atoms with van der Waals surface area (Å²) in [7, 11) is 0. The van der Waals surface area contributed by atoms with Crippen molar-refractivity contribution in [2.75, 3.05) is 23.7 Å². The molecule has 2 N–H and O–H groups in total. The van der Waals surface area contributed by atoms with Crippen molar-refractivity contribution in [2.24, 2.45) is 0 Å². The molecule has 2 heterocycles. The van der Waals surface area contributed by atoms with E-state index in [9.17, 15) is 9.59 Å². The van der Waals surface area contributed by atoms with Crippen molar-refractivity contribution in [1.29, 1.82) is 0 Å². The zero-order valence-electron chi connectivity index (χ0n) is 13.8. The SMILES string of the molecule is CC(=O)Nc1ccc(NC(=O)CN2CCc3sccc3[C@@H]2C)cc1. The Kier molecular flexibility index (Phi) is 4.97. The molecule has 0 aliphatic carbocycles. The molecule has 2 amide bonds. The van der Waals surface area contributed by atoms with Crippen LogP contribution in [0.3, 0.4) is 0 Å². The maximum atomic E-state index is 12.3. The highest BCUT2D eigenvalue weighted by molar-refractivity contribution is 7.10. The van der Waals surface area contributed by atoms with Gasteiger partial charge in [0, 0.05) is 35.8 Å². The molecule has 24 heavy (non-hydrogen) atoms. The van der Waals surface area contributed by atoms with Crippen molar-refractivity contribution in [3.05, 3.63) is 46.2 Å². The highest BCUT2D eigenvalue weighted by atomic mass is 32.1. The summed E-state index contributed by atoms with van der Waals surface area (Å²) in [6, 6.07) is 9.57. The van der Waals surface area contributed by atoms with Gasteiger partial charge in [0.25, 0.3) is 0 Å². The van der Waals surface area contributed by atoms with Crippen molar-refractivity contribution >= 4 is 34.5 Å². The lowest BCUT2D eigenvalue weighted by Crippen LogP contribution is -2.39. The number of thiophene rings is 1. The minimum atomic E-state index is -0.112. The van der Waals surface area contributed by atoms with Crippen LogP contribution in [0.15, 0.2) is 35.7 Å². The fourth-order valence-electron chi connectivity index (χ4n) is 3.00. The summed E-state index contributed by atoms with van der Waals surface area (Å²) >= 11 is 1.80. The second kappa shape index (κ2) is 7.15. The lowest BCUT2D eigenvalue weighted by atomic mass is 10.0. The highest BCUT2D eigenvalue weighted by Gasteiger charge is 2.26. The molecule has 0 unspecified atom stereocenters. The van der Waals surface area contributed by atoms with Gasteiger partial charge in [-0.1, -0.05) is 0 Å². The standard InChI is InChI=1S/C18H21N3O2S/c1-12-16-8-10-24-17(16)7-9-21(12)11-18(23)20-15-5-3-14(4-6-15)19-13(2)22/h3-6,8,10,12H,7,9,11H2,1-2H3,(H,19,22)(H,20,23)/t12-/m0/s1. The summed E-state index contributed by atoms with van der Waals surface area (Å²) < 4.78 is 0. The Morgan fingerprint density at radius 3 is 2.50 bits per heavy atom. The van der Waals surface area contributed by atoms with Gasteiger partial charge in [0.05, 0.1) is 6.54 Å². The van der Waals surface area contributed by atoms with Gasteiger partial charge in [0.15, 0.2) is 0 Å². The van der Waals surface area contributed by atoms with Gasteiger partial charge in [0.1, 0.15) is 0 Å². The van der Waals surface area contributed by atoms with Gasteiger partial charge in [-0.25, -0.2) is 0 Å². The molecule has 2 aromatic rings. The second-order valence-electron chi connectivity index (χ2n) is 6.00. The monoisotopic (exact) mass is 343 g/mol. The van der Waals surface area contributed by atoms with Crippen LogP contribution in [0.1, 0.15) is 30.3 Å². The number of carbonyl (C=O) groups excluding carboxylic acids is 2. The molecular weight excluding hydrogens is 322 g/mol. The molecule has 5 nitrogen and oxygen atoms in total. The topological polar surface area (TPSA) is 61.4 Å². The van der Waals surface area contributed by atoms with E-state index in [4.69, 9.17) is 0 Å². The minimum absolute atomic E-state index is 0.0205. The molecular formula is C18H21N3O2S. The van der Waals surface area contributed by atoms with E-state index in [2.05, 4.69) is 33.9 Å². The van der Waals surface area contributed by atoms with E-state index in [0.717, 1.165) is 24.3 Å². The third kappa shape index (κ3) is 3.83. The lowest BCUT2D eigenvalue weighted by molar-refractivity contribution is -0.118. The first kappa shape index (κ1) is 16.7. The first-order chi connectivity index (χ1) is 11.5. The van der Waals surface area contributed by atoms with Crippen LogP contribution in [0, 0.1) is 0 Å². The summed E-state index contributed by atoms with van der Waals surface area (Å²) in [6.07, 6.45) is 1.01. The molecule has 0 fully saturated rings. The Bertz CT molecular complexity index is 739. The van der Waals surface area contributed by atoms with Crippen LogP contribution in [-0.2, 0) is 16.0 Å². The number of carbonyl (C=O) groups is 2. The van der Waals surface area contributed by atoms with Crippen molar-refractivity contribution in [1.82, 2.24) is 4.90 Å². The quantitative estimate of drug-likeness (QED) is 0.896. The average Bonchev–Trinajstić information content (AvgIpc) is 3.01. The molecule has 3 rings (SSSR count). The minimum Gasteiger partial charge on any atom is -0.326 e. The third-order valence-electron chi connectivity index (χ3n) is 4.24. The fraction of sp³-hybridized carbons (Fsp3) is 0.333. The van der Waals surface area contributed by atoms with E-state index >= 15 is 0 Å². The molecule has 1 aromatic heterocycles. The predicted molar refractivity (Wildman–Crippen MR) is 97.4 cm³/mol. The van der Waals surface area contributed by atoms with Crippen LogP contribution < -0.4 is 10.6 Å². The van der Waals surface area contributed by atoms with Crippen LogP contribution in [-0.4, -0.2) is 29.8 Å². The number of benzene rings is 1. The zero-order valence-corrected chi connectivity index (χ0v) is 14.7. The zero-order chi connectivity index (χ0) is 17.1. The Hall–Kier alpha value is -2.18. The molecule has 0 saturated heterocycles. The Morgan fingerprint density at radius 1 is 1.17 bits per heavy atom. The van der Waals surface area contributed by atoms with Gasteiger partial charge >= 0.3 is 0 Å². The first-order valence-corrected chi connectivity index (χ1v) is 8.88. The molecule has 0 spiro atoms. The summed E-state index contributed by atoms with van der Waals surface area (Å²) in [6.45, 7) is 4.90. The predicted octanol–water partition coefficient (Wildman–Crippen LogP) is 3.26. The van der Waals surface area contributed by atoms with Crippen molar-refractivity contribution in [2.45, 2.75) is 26.3 Å². The number of nitrogens with one attached hydrogen (secondary N) is 2. The van der Waals surface area contributed by atoms with Crippen LogP contribution in [0.2, 0.25) is 0 Å². The number of hydrogen-bond donors (Lipinski definition) is 2. The normalized spacial score (nSPS) is 17.2. The number of hydrogen-bond acceptors (Lipinski definition) is 4. The van der Waals surface area contributed by atoms with Crippen LogP contribution >= 0.6 is 11.3 Å². The number of anilines is 2. The van der Waals surface area contributed by atoms with E-state index in [0.29, 0.717) is 6.54 Å². The Morgan fingerprint density at radius 2 is 1.83 bits per heavy atom. The van der Waals surface area contributed by atoms with E-state index in [-0.39, 0.29) is 17.9 Å². The molecule has 0 saturated carbocycles. The van der Waals surface area contributed by atoms with Gasteiger partial charge in [-0.3, -0.25) is 14.5 Å².